The van der Waals surface area contributed by atoms with Crippen LogP contribution in [0.15, 0.2) is 35.4 Å². The summed E-state index contributed by atoms with van der Waals surface area (Å²) in [5.41, 5.74) is 5.46. The molecule has 8 nitrogen and oxygen atoms in total. The molecule has 0 saturated carbocycles. The molecule has 0 N–H and O–H groups in total. The number of anilines is 1. The SMILES string of the molecule is COc1cc(C)c(-c2cnc3c(c2)CN(c2nn4c(=O)cc(C(F)F)nc4c(C)c2C)CC3)cn1. The van der Waals surface area contributed by atoms with Gasteiger partial charge in [0.25, 0.3) is 12.0 Å². The number of rotatable bonds is 4. The number of alkyl halides is 2. The van der Waals surface area contributed by atoms with Crippen LogP contribution in [0.4, 0.5) is 14.6 Å². The maximum atomic E-state index is 13.2. The topological polar surface area (TPSA) is 85.5 Å². The first-order chi connectivity index (χ1) is 16.8. The number of fused-ring (bicyclic) bond motifs is 2. The molecule has 1 aliphatic rings. The summed E-state index contributed by atoms with van der Waals surface area (Å²) >= 11 is 0. The first kappa shape index (κ1) is 22.8. The number of aromatic nitrogens is 5. The van der Waals surface area contributed by atoms with Crippen molar-refractivity contribution in [2.75, 3.05) is 18.6 Å². The number of hydrogen-bond acceptors (Lipinski definition) is 7. The molecule has 1 aliphatic heterocycles. The fourth-order valence-electron chi connectivity index (χ4n) is 4.45. The number of methoxy groups -OCH3 is 1. The van der Waals surface area contributed by atoms with E-state index in [-0.39, 0.29) is 5.65 Å². The van der Waals surface area contributed by atoms with E-state index in [9.17, 15) is 13.6 Å². The Kier molecular flexibility index (Phi) is 5.66. The molecule has 0 saturated heterocycles. The van der Waals surface area contributed by atoms with Crippen molar-refractivity contribution in [3.05, 3.63) is 74.6 Å². The summed E-state index contributed by atoms with van der Waals surface area (Å²) < 4.78 is 32.7. The highest BCUT2D eigenvalue weighted by Crippen LogP contribution is 2.31. The Balaban J connectivity index is 1.54. The van der Waals surface area contributed by atoms with E-state index in [1.807, 2.05) is 26.1 Å². The van der Waals surface area contributed by atoms with Crippen LogP contribution < -0.4 is 15.2 Å². The van der Waals surface area contributed by atoms with Crippen LogP contribution in [0.2, 0.25) is 0 Å². The highest BCUT2D eigenvalue weighted by atomic mass is 19.3. The van der Waals surface area contributed by atoms with Gasteiger partial charge >= 0.3 is 0 Å². The molecule has 0 unspecified atom stereocenters. The summed E-state index contributed by atoms with van der Waals surface area (Å²) in [4.78, 5) is 27.7. The molecule has 10 heteroatoms. The van der Waals surface area contributed by atoms with E-state index in [0.29, 0.717) is 36.8 Å². The molecule has 180 valence electrons. The van der Waals surface area contributed by atoms with Crippen molar-refractivity contribution in [3.8, 4) is 17.0 Å². The minimum Gasteiger partial charge on any atom is -0.481 e. The van der Waals surface area contributed by atoms with E-state index >= 15 is 0 Å². The summed E-state index contributed by atoms with van der Waals surface area (Å²) in [6.07, 6.45) is 1.53. The van der Waals surface area contributed by atoms with E-state index in [1.54, 1.807) is 20.2 Å². The second-order valence-corrected chi connectivity index (χ2v) is 8.67. The van der Waals surface area contributed by atoms with Gasteiger partial charge in [0.05, 0.1) is 7.11 Å². The predicted molar refractivity (Wildman–Crippen MR) is 127 cm³/mol. The highest BCUT2D eigenvalue weighted by molar-refractivity contribution is 5.67. The summed E-state index contributed by atoms with van der Waals surface area (Å²) in [5.74, 6) is 1.18. The Bertz CT molecular complexity index is 1520. The van der Waals surface area contributed by atoms with Gasteiger partial charge in [0.2, 0.25) is 5.88 Å². The fraction of sp³-hybridized carbons (Fsp3) is 0.320. The smallest absolute Gasteiger partial charge is 0.280 e. The van der Waals surface area contributed by atoms with Crippen molar-refractivity contribution in [1.82, 2.24) is 24.6 Å². The van der Waals surface area contributed by atoms with E-state index in [0.717, 1.165) is 44.1 Å². The molecular formula is C25H24F2N6O2. The highest BCUT2D eigenvalue weighted by Gasteiger charge is 2.24. The fourth-order valence-corrected chi connectivity index (χ4v) is 4.45. The lowest BCUT2D eigenvalue weighted by molar-refractivity contribution is 0.146. The van der Waals surface area contributed by atoms with Gasteiger partial charge in [-0.3, -0.25) is 9.78 Å². The number of ether oxygens (including phenoxy) is 1. The normalized spacial score (nSPS) is 13.4. The standard InChI is InChI=1S/C25H24F2N6O2/c1-13-7-21(35-4)29-11-18(13)16-8-17-12-32(6-5-19(17)28-10-16)25-15(3)14(2)24-30-20(23(26)27)9-22(34)33(24)31-25/h7-11,23H,5-6,12H2,1-4H3. The van der Waals surface area contributed by atoms with E-state index in [2.05, 4.69) is 26.0 Å². The molecule has 5 heterocycles. The molecule has 35 heavy (non-hydrogen) atoms. The van der Waals surface area contributed by atoms with Crippen molar-refractivity contribution >= 4 is 11.5 Å². The van der Waals surface area contributed by atoms with Crippen molar-refractivity contribution < 1.29 is 13.5 Å². The Hall–Kier alpha value is -3.95. The van der Waals surface area contributed by atoms with Gasteiger partial charge in [-0.15, -0.1) is 5.10 Å². The molecule has 0 bridgehead atoms. The molecule has 0 spiro atoms. The number of aryl methyl sites for hydroxylation is 2. The zero-order valence-corrected chi connectivity index (χ0v) is 19.8. The Morgan fingerprint density at radius 3 is 2.57 bits per heavy atom. The van der Waals surface area contributed by atoms with Gasteiger partial charge in [-0.2, -0.15) is 4.52 Å². The third kappa shape index (κ3) is 3.98. The zero-order valence-electron chi connectivity index (χ0n) is 19.8. The molecule has 0 radical (unpaired) electrons. The van der Waals surface area contributed by atoms with E-state index < -0.39 is 17.7 Å². The van der Waals surface area contributed by atoms with Crippen molar-refractivity contribution in [1.29, 1.82) is 0 Å². The predicted octanol–water partition coefficient (Wildman–Crippen LogP) is 3.98. The molecule has 0 aliphatic carbocycles. The second kappa shape index (κ2) is 8.68. The lowest BCUT2D eigenvalue weighted by Gasteiger charge is -2.31. The van der Waals surface area contributed by atoms with Crippen molar-refractivity contribution in [3.63, 3.8) is 0 Å². The third-order valence-corrected chi connectivity index (χ3v) is 6.51. The molecule has 0 aromatic carbocycles. The Morgan fingerprint density at radius 2 is 1.86 bits per heavy atom. The summed E-state index contributed by atoms with van der Waals surface area (Å²) in [5, 5.41) is 4.52. The van der Waals surface area contributed by atoms with E-state index in [4.69, 9.17) is 9.72 Å². The quantitative estimate of drug-likeness (QED) is 0.439. The molecule has 0 fully saturated rings. The average Bonchev–Trinajstić information content (AvgIpc) is 2.85. The van der Waals surface area contributed by atoms with Crippen LogP contribution in [-0.2, 0) is 13.0 Å². The van der Waals surface area contributed by atoms with Gasteiger partial charge in [0.15, 0.2) is 11.5 Å². The lowest BCUT2D eigenvalue weighted by atomic mass is 9.98. The minimum absolute atomic E-state index is 0.151. The first-order valence-corrected chi connectivity index (χ1v) is 11.2. The summed E-state index contributed by atoms with van der Waals surface area (Å²) in [6.45, 7) is 6.86. The monoisotopic (exact) mass is 478 g/mol. The van der Waals surface area contributed by atoms with Crippen LogP contribution in [-0.4, -0.2) is 38.2 Å². The zero-order chi connectivity index (χ0) is 24.9. The lowest BCUT2D eigenvalue weighted by Crippen LogP contribution is -2.34. The maximum Gasteiger partial charge on any atom is 0.280 e. The van der Waals surface area contributed by atoms with Crippen LogP contribution >= 0.6 is 0 Å². The molecular weight excluding hydrogens is 454 g/mol. The Morgan fingerprint density at radius 1 is 1.06 bits per heavy atom. The maximum absolute atomic E-state index is 13.2. The number of halogens is 2. The molecule has 4 aromatic rings. The van der Waals surface area contributed by atoms with Crippen LogP contribution in [0.5, 0.6) is 5.88 Å². The van der Waals surface area contributed by atoms with Gasteiger partial charge < -0.3 is 9.64 Å². The second-order valence-electron chi connectivity index (χ2n) is 8.67. The number of nitrogens with zero attached hydrogens (tertiary/aromatic N) is 6. The van der Waals surface area contributed by atoms with Crippen LogP contribution in [0, 0.1) is 20.8 Å². The van der Waals surface area contributed by atoms with Crippen molar-refractivity contribution in [2.45, 2.75) is 40.2 Å². The van der Waals surface area contributed by atoms with Crippen LogP contribution in [0.1, 0.15) is 40.1 Å². The van der Waals surface area contributed by atoms with Gasteiger partial charge in [0, 0.05) is 72.0 Å². The van der Waals surface area contributed by atoms with Gasteiger partial charge in [-0.1, -0.05) is 0 Å². The van der Waals surface area contributed by atoms with Gasteiger partial charge in [-0.25, -0.2) is 18.7 Å². The number of hydrogen-bond donors (Lipinski definition) is 0. The van der Waals surface area contributed by atoms with E-state index in [1.165, 1.54) is 0 Å². The van der Waals surface area contributed by atoms with Crippen LogP contribution in [0.3, 0.4) is 0 Å². The molecule has 4 aromatic heterocycles. The molecule has 5 rings (SSSR count). The van der Waals surface area contributed by atoms with Gasteiger partial charge in [0.1, 0.15) is 5.69 Å². The van der Waals surface area contributed by atoms with Crippen molar-refractivity contribution in [2.24, 2.45) is 0 Å². The van der Waals surface area contributed by atoms with Gasteiger partial charge in [-0.05, 0) is 38.0 Å². The minimum atomic E-state index is -2.82. The third-order valence-electron chi connectivity index (χ3n) is 6.51. The first-order valence-electron chi connectivity index (χ1n) is 11.2. The average molecular weight is 479 g/mol. The molecule has 0 atom stereocenters. The summed E-state index contributed by atoms with van der Waals surface area (Å²) in [7, 11) is 1.59. The Labute approximate surface area is 200 Å². The summed E-state index contributed by atoms with van der Waals surface area (Å²) in [6, 6.07) is 4.84. The number of pyridine rings is 2. The largest absolute Gasteiger partial charge is 0.481 e. The molecule has 0 amide bonds. The van der Waals surface area contributed by atoms with Crippen LogP contribution in [0.25, 0.3) is 16.8 Å².